The fourth-order valence-corrected chi connectivity index (χ4v) is 3.65. The van der Waals surface area contributed by atoms with Crippen LogP contribution < -0.4 is 0 Å². The number of nitrogens with zero attached hydrogens (tertiary/aromatic N) is 6. The van der Waals surface area contributed by atoms with E-state index in [0.717, 1.165) is 35.9 Å². The van der Waals surface area contributed by atoms with Gasteiger partial charge in [-0.2, -0.15) is 0 Å². The number of rotatable bonds is 3. The van der Waals surface area contributed by atoms with Crippen molar-refractivity contribution in [1.82, 2.24) is 29.6 Å². The smallest absolute Gasteiger partial charge is 0.257 e. The number of carbonyl (C=O) groups excluding carboxylic acids is 1. The van der Waals surface area contributed by atoms with Crippen molar-refractivity contribution in [2.24, 2.45) is 0 Å². The number of fused-ring (bicyclic) bond motifs is 1. The van der Waals surface area contributed by atoms with Gasteiger partial charge in [-0.05, 0) is 19.8 Å². The van der Waals surface area contributed by atoms with Crippen molar-refractivity contribution in [3.05, 3.63) is 59.9 Å². The van der Waals surface area contributed by atoms with E-state index < -0.39 is 0 Å². The minimum atomic E-state index is -0.0558. The highest BCUT2D eigenvalue weighted by Crippen LogP contribution is 2.37. The lowest BCUT2D eigenvalue weighted by atomic mass is 10.1. The molecule has 3 aromatic rings. The zero-order chi connectivity index (χ0) is 18.4. The Kier molecular flexibility index (Phi) is 3.74. The highest BCUT2D eigenvalue weighted by atomic mass is 16.2. The van der Waals surface area contributed by atoms with Crippen molar-refractivity contribution >= 4 is 5.91 Å². The van der Waals surface area contributed by atoms with Crippen LogP contribution in [0.15, 0.2) is 42.7 Å². The quantitative estimate of drug-likeness (QED) is 0.718. The van der Waals surface area contributed by atoms with Gasteiger partial charge in [0.2, 0.25) is 0 Å². The summed E-state index contributed by atoms with van der Waals surface area (Å²) in [6.45, 7) is 3.13. The monoisotopic (exact) mass is 360 g/mol. The lowest BCUT2D eigenvalue weighted by Crippen LogP contribution is -2.40. The van der Waals surface area contributed by atoms with Crippen molar-refractivity contribution in [2.75, 3.05) is 6.54 Å². The van der Waals surface area contributed by atoms with Crippen molar-refractivity contribution in [3.8, 4) is 11.4 Å². The maximum Gasteiger partial charge on any atom is 0.257 e. The minimum absolute atomic E-state index is 0.0558. The van der Waals surface area contributed by atoms with Crippen LogP contribution in [0.25, 0.3) is 11.4 Å². The Bertz CT molecular complexity index is 977. The Morgan fingerprint density at radius 1 is 1.07 bits per heavy atom. The van der Waals surface area contributed by atoms with Crippen LogP contribution in [-0.4, -0.2) is 42.1 Å². The number of benzene rings is 1. The summed E-state index contributed by atoms with van der Waals surface area (Å²) in [5.41, 5.74) is 1.56. The standard InChI is InChI=1S/C20H20N6O/c1-13-11-25(20(27)16-9-21-18(22-10-16)14-7-8-14)12-17-23-24-19(26(13)17)15-5-3-2-4-6-15/h2-6,9-10,13-14H,7-8,11-12H2,1H3/t13-/m0/s1. The average Bonchev–Trinajstić information content (AvgIpc) is 3.47. The number of hydrogen-bond donors (Lipinski definition) is 0. The second-order valence-electron chi connectivity index (χ2n) is 7.31. The summed E-state index contributed by atoms with van der Waals surface area (Å²) >= 11 is 0. The molecule has 7 heteroatoms. The molecule has 1 aliphatic carbocycles. The van der Waals surface area contributed by atoms with E-state index in [1.165, 1.54) is 0 Å². The van der Waals surface area contributed by atoms with E-state index in [4.69, 9.17) is 0 Å². The van der Waals surface area contributed by atoms with Gasteiger partial charge in [0.1, 0.15) is 5.82 Å². The largest absolute Gasteiger partial charge is 0.329 e. The molecule has 1 saturated carbocycles. The summed E-state index contributed by atoms with van der Waals surface area (Å²) in [6.07, 6.45) is 5.61. The molecule has 0 N–H and O–H groups in total. The van der Waals surface area contributed by atoms with Crippen LogP contribution in [0.5, 0.6) is 0 Å². The molecule has 136 valence electrons. The first-order chi connectivity index (χ1) is 13.2. The number of carbonyl (C=O) groups is 1. The summed E-state index contributed by atoms with van der Waals surface area (Å²) in [6, 6.07) is 10.1. The SMILES string of the molecule is C[C@H]1CN(C(=O)c2cnc(C3CC3)nc2)Cc2nnc(-c3ccccc3)n21. The molecular weight excluding hydrogens is 340 g/mol. The van der Waals surface area contributed by atoms with Gasteiger partial charge < -0.3 is 9.47 Å². The van der Waals surface area contributed by atoms with Gasteiger partial charge in [-0.25, -0.2) is 9.97 Å². The lowest BCUT2D eigenvalue weighted by Gasteiger charge is -2.32. The number of aromatic nitrogens is 5. The highest BCUT2D eigenvalue weighted by molar-refractivity contribution is 5.93. The maximum atomic E-state index is 12.9. The molecule has 0 bridgehead atoms. The Hall–Kier alpha value is -3.09. The first-order valence-electron chi connectivity index (χ1n) is 9.31. The van der Waals surface area contributed by atoms with E-state index in [9.17, 15) is 4.79 Å². The normalized spacial score (nSPS) is 19.0. The highest BCUT2D eigenvalue weighted by Gasteiger charge is 2.31. The number of amides is 1. The molecule has 1 aromatic carbocycles. The average molecular weight is 360 g/mol. The van der Waals surface area contributed by atoms with Crippen LogP contribution in [0.4, 0.5) is 0 Å². The summed E-state index contributed by atoms with van der Waals surface area (Å²) < 4.78 is 2.13. The van der Waals surface area contributed by atoms with Crippen molar-refractivity contribution in [2.45, 2.75) is 38.3 Å². The van der Waals surface area contributed by atoms with Gasteiger partial charge >= 0.3 is 0 Å². The fourth-order valence-electron chi connectivity index (χ4n) is 3.65. The first kappa shape index (κ1) is 16.1. The molecule has 0 saturated heterocycles. The van der Waals surface area contributed by atoms with Crippen LogP contribution in [-0.2, 0) is 6.54 Å². The van der Waals surface area contributed by atoms with Gasteiger partial charge in [0.05, 0.1) is 18.2 Å². The summed E-state index contributed by atoms with van der Waals surface area (Å²) in [5, 5.41) is 8.72. The molecule has 0 spiro atoms. The molecule has 2 aromatic heterocycles. The van der Waals surface area contributed by atoms with Crippen LogP contribution in [0.2, 0.25) is 0 Å². The Balaban J connectivity index is 1.39. The predicted octanol–water partition coefficient (Wildman–Crippen LogP) is 2.83. The van der Waals surface area contributed by atoms with Gasteiger partial charge in [0, 0.05) is 30.4 Å². The third kappa shape index (κ3) is 2.89. The van der Waals surface area contributed by atoms with E-state index in [-0.39, 0.29) is 11.9 Å². The molecule has 5 rings (SSSR count). The van der Waals surface area contributed by atoms with E-state index in [1.807, 2.05) is 30.3 Å². The molecule has 27 heavy (non-hydrogen) atoms. The second kappa shape index (κ2) is 6.26. The summed E-state index contributed by atoms with van der Waals surface area (Å²) in [5.74, 6) is 2.93. The zero-order valence-electron chi connectivity index (χ0n) is 15.1. The minimum Gasteiger partial charge on any atom is -0.329 e. The van der Waals surface area contributed by atoms with Gasteiger partial charge in [0.15, 0.2) is 11.6 Å². The molecule has 1 atom stereocenters. The van der Waals surface area contributed by atoms with E-state index in [2.05, 4.69) is 31.7 Å². The van der Waals surface area contributed by atoms with Crippen molar-refractivity contribution < 1.29 is 4.79 Å². The third-order valence-electron chi connectivity index (χ3n) is 5.20. The fraction of sp³-hybridized carbons (Fsp3) is 0.350. The van der Waals surface area contributed by atoms with E-state index in [0.29, 0.717) is 24.6 Å². The van der Waals surface area contributed by atoms with Crippen LogP contribution in [0.3, 0.4) is 0 Å². The topological polar surface area (TPSA) is 76.8 Å². The molecule has 7 nitrogen and oxygen atoms in total. The Morgan fingerprint density at radius 2 is 1.81 bits per heavy atom. The molecule has 1 amide bonds. The number of hydrogen-bond acceptors (Lipinski definition) is 5. The lowest BCUT2D eigenvalue weighted by molar-refractivity contribution is 0.0681. The van der Waals surface area contributed by atoms with Crippen LogP contribution in [0, 0.1) is 0 Å². The maximum absolute atomic E-state index is 12.9. The van der Waals surface area contributed by atoms with Gasteiger partial charge in [-0.1, -0.05) is 30.3 Å². The molecule has 1 aliphatic heterocycles. The Labute approximate surface area is 157 Å². The summed E-state index contributed by atoms with van der Waals surface area (Å²) in [4.78, 5) is 23.5. The van der Waals surface area contributed by atoms with E-state index >= 15 is 0 Å². The first-order valence-corrected chi connectivity index (χ1v) is 9.31. The molecule has 2 aliphatic rings. The molecule has 0 radical (unpaired) electrons. The zero-order valence-corrected chi connectivity index (χ0v) is 15.1. The molecule has 3 heterocycles. The van der Waals surface area contributed by atoms with Crippen molar-refractivity contribution in [1.29, 1.82) is 0 Å². The van der Waals surface area contributed by atoms with Gasteiger partial charge in [-0.15, -0.1) is 10.2 Å². The van der Waals surface area contributed by atoms with Gasteiger partial charge in [0.25, 0.3) is 5.91 Å². The Morgan fingerprint density at radius 3 is 2.52 bits per heavy atom. The van der Waals surface area contributed by atoms with Gasteiger partial charge in [-0.3, -0.25) is 4.79 Å². The summed E-state index contributed by atoms with van der Waals surface area (Å²) in [7, 11) is 0. The third-order valence-corrected chi connectivity index (χ3v) is 5.20. The van der Waals surface area contributed by atoms with E-state index in [1.54, 1.807) is 17.3 Å². The second-order valence-corrected chi connectivity index (χ2v) is 7.31. The molecular formula is C20H20N6O. The van der Waals surface area contributed by atoms with Crippen LogP contribution in [0.1, 0.15) is 53.7 Å². The van der Waals surface area contributed by atoms with Crippen molar-refractivity contribution in [3.63, 3.8) is 0 Å². The molecule has 1 fully saturated rings. The predicted molar refractivity (Wildman–Crippen MR) is 98.9 cm³/mol. The van der Waals surface area contributed by atoms with Crippen LogP contribution >= 0.6 is 0 Å². The molecule has 0 unspecified atom stereocenters.